The highest BCUT2D eigenvalue weighted by molar-refractivity contribution is 7.91. The number of nitrogens with zero attached hydrogens (tertiary/aromatic N) is 5. The number of halogens is 4. The summed E-state index contributed by atoms with van der Waals surface area (Å²) in [4.78, 5) is 11.1. The summed E-state index contributed by atoms with van der Waals surface area (Å²) < 4.78 is 63.3. The summed E-state index contributed by atoms with van der Waals surface area (Å²) in [6, 6.07) is 3.88. The Kier molecular flexibility index (Phi) is 4.15. The highest BCUT2D eigenvalue weighted by Crippen LogP contribution is 2.29. The van der Waals surface area contributed by atoms with Crippen LogP contribution in [0.25, 0.3) is 17.2 Å². The molecule has 0 saturated heterocycles. The average Bonchev–Trinajstić information content (AvgIpc) is 2.98. The van der Waals surface area contributed by atoms with Crippen LogP contribution >= 0.6 is 11.6 Å². The van der Waals surface area contributed by atoms with E-state index in [1.54, 1.807) is 0 Å². The van der Waals surface area contributed by atoms with Crippen LogP contribution in [0.3, 0.4) is 0 Å². The molecule has 25 heavy (non-hydrogen) atoms. The summed E-state index contributed by atoms with van der Waals surface area (Å²) in [5.41, 5.74) is -0.0449. The van der Waals surface area contributed by atoms with Crippen molar-refractivity contribution in [2.75, 3.05) is 5.75 Å². The van der Waals surface area contributed by atoms with Crippen molar-refractivity contribution in [1.29, 1.82) is 0 Å². The highest BCUT2D eigenvalue weighted by atomic mass is 35.5. The van der Waals surface area contributed by atoms with Gasteiger partial charge in [0.05, 0.1) is 16.3 Å². The molecule has 0 aliphatic heterocycles. The Hall–Kier alpha value is -2.27. The van der Waals surface area contributed by atoms with Crippen molar-refractivity contribution in [3.8, 4) is 11.4 Å². The van der Waals surface area contributed by atoms with Gasteiger partial charge < -0.3 is 0 Å². The molecule has 132 valence electrons. The smallest absolute Gasteiger partial charge is 0.233 e. The Balaban J connectivity index is 2.22. The van der Waals surface area contributed by atoms with Crippen molar-refractivity contribution in [2.24, 2.45) is 0 Å². The van der Waals surface area contributed by atoms with E-state index in [1.807, 2.05) is 0 Å². The molecule has 0 atom stereocenters. The average molecular weight is 392 g/mol. The topological polar surface area (TPSA) is 90.1 Å². The van der Waals surface area contributed by atoms with E-state index in [0.717, 1.165) is 4.52 Å². The first-order chi connectivity index (χ1) is 11.6. The molecular weight excluding hydrogens is 383 g/mol. The van der Waals surface area contributed by atoms with Gasteiger partial charge >= 0.3 is 6.18 Å². The molecule has 3 rings (SSSR count). The van der Waals surface area contributed by atoms with Crippen molar-refractivity contribution in [3.05, 3.63) is 35.4 Å². The molecule has 0 amide bonds. The summed E-state index contributed by atoms with van der Waals surface area (Å²) in [6.07, 6.45) is -3.54. The third-order valence-electron chi connectivity index (χ3n) is 3.24. The molecule has 7 nitrogen and oxygen atoms in total. The number of alkyl halides is 3. The summed E-state index contributed by atoms with van der Waals surface area (Å²) in [6.45, 7) is 1.46. The largest absolute Gasteiger partial charge is 0.453 e. The van der Waals surface area contributed by atoms with Gasteiger partial charge in [-0.15, -0.1) is 5.10 Å². The second-order valence-electron chi connectivity index (χ2n) is 4.87. The van der Waals surface area contributed by atoms with Crippen molar-refractivity contribution >= 4 is 27.2 Å². The monoisotopic (exact) mass is 391 g/mol. The van der Waals surface area contributed by atoms with Gasteiger partial charge in [-0.1, -0.05) is 18.5 Å². The van der Waals surface area contributed by atoms with Crippen LogP contribution in [-0.2, 0) is 16.0 Å². The molecule has 0 radical (unpaired) electrons. The molecule has 0 aliphatic carbocycles. The molecular formula is C13H9ClF3N5O2S. The first kappa shape index (κ1) is 17.5. The number of hydrogen-bond acceptors (Lipinski definition) is 6. The molecule has 0 fully saturated rings. The van der Waals surface area contributed by atoms with E-state index in [0.29, 0.717) is 0 Å². The van der Waals surface area contributed by atoms with E-state index < -0.39 is 21.8 Å². The third kappa shape index (κ3) is 3.29. The summed E-state index contributed by atoms with van der Waals surface area (Å²) in [5.74, 6) is -1.88. The van der Waals surface area contributed by atoms with Crippen molar-refractivity contribution in [1.82, 2.24) is 24.6 Å². The lowest BCUT2D eigenvalue weighted by molar-refractivity contribution is -0.144. The van der Waals surface area contributed by atoms with Gasteiger partial charge in [-0.05, 0) is 18.2 Å². The summed E-state index contributed by atoms with van der Waals surface area (Å²) in [5, 5.41) is 3.29. The standard InChI is InChI=1S/C13H9ClF3N5O2S/c1-2-25(23,24)8-3-4-9(14)19-10(8)7-5-6-22-12(18-7)20-11(21-22)13(15,16)17/h3-6H,2H2,1H3. The van der Waals surface area contributed by atoms with Crippen LogP contribution < -0.4 is 0 Å². The minimum atomic E-state index is -4.72. The zero-order valence-corrected chi connectivity index (χ0v) is 14.1. The lowest BCUT2D eigenvalue weighted by Crippen LogP contribution is -2.08. The summed E-state index contributed by atoms with van der Waals surface area (Å²) >= 11 is 5.83. The van der Waals surface area contributed by atoms with E-state index in [-0.39, 0.29) is 33.0 Å². The fraction of sp³-hybridized carbons (Fsp3) is 0.231. The number of fused-ring (bicyclic) bond motifs is 1. The van der Waals surface area contributed by atoms with Crippen LogP contribution in [0, 0.1) is 0 Å². The van der Waals surface area contributed by atoms with Crippen molar-refractivity contribution in [3.63, 3.8) is 0 Å². The minimum absolute atomic E-state index is 0.0168. The van der Waals surface area contributed by atoms with Crippen molar-refractivity contribution < 1.29 is 21.6 Å². The van der Waals surface area contributed by atoms with Gasteiger partial charge in [0.2, 0.25) is 0 Å². The number of sulfone groups is 1. The number of pyridine rings is 1. The zero-order valence-electron chi connectivity index (χ0n) is 12.5. The summed E-state index contributed by atoms with van der Waals surface area (Å²) in [7, 11) is -3.65. The van der Waals surface area contributed by atoms with Gasteiger partial charge in [0.1, 0.15) is 10.8 Å². The number of aromatic nitrogens is 5. The van der Waals surface area contributed by atoms with Gasteiger partial charge in [-0.25, -0.2) is 22.9 Å². The fourth-order valence-electron chi connectivity index (χ4n) is 2.04. The molecule has 0 spiro atoms. The van der Waals surface area contributed by atoms with Crippen LogP contribution in [0.5, 0.6) is 0 Å². The minimum Gasteiger partial charge on any atom is -0.233 e. The van der Waals surface area contributed by atoms with Crippen LogP contribution in [0.1, 0.15) is 12.7 Å². The molecule has 0 aliphatic rings. The van der Waals surface area contributed by atoms with E-state index in [1.165, 1.54) is 31.3 Å². The quantitative estimate of drug-likeness (QED) is 0.637. The number of rotatable bonds is 3. The Morgan fingerprint density at radius 3 is 2.52 bits per heavy atom. The van der Waals surface area contributed by atoms with Gasteiger partial charge in [-0.2, -0.15) is 18.2 Å². The SMILES string of the molecule is CCS(=O)(=O)c1ccc(Cl)nc1-c1ccn2nc(C(F)(F)F)nc2n1. The first-order valence-electron chi connectivity index (χ1n) is 6.82. The second-order valence-corrected chi connectivity index (χ2v) is 7.51. The molecule has 0 aromatic carbocycles. The first-order valence-corrected chi connectivity index (χ1v) is 8.85. The van der Waals surface area contributed by atoms with E-state index >= 15 is 0 Å². The van der Waals surface area contributed by atoms with Crippen LogP contribution in [0.15, 0.2) is 29.3 Å². The normalized spacial score (nSPS) is 12.7. The Morgan fingerprint density at radius 2 is 1.88 bits per heavy atom. The third-order valence-corrected chi connectivity index (χ3v) is 5.21. The molecule has 3 aromatic rings. The van der Waals surface area contributed by atoms with E-state index in [2.05, 4.69) is 20.1 Å². The van der Waals surface area contributed by atoms with Gasteiger partial charge in [-0.3, -0.25) is 0 Å². The molecule has 0 saturated carbocycles. The predicted molar refractivity (Wildman–Crippen MR) is 81.8 cm³/mol. The second kappa shape index (κ2) is 5.92. The van der Waals surface area contributed by atoms with Gasteiger partial charge in [0.25, 0.3) is 11.6 Å². The lowest BCUT2D eigenvalue weighted by Gasteiger charge is -2.08. The molecule has 0 unspecified atom stereocenters. The van der Waals surface area contributed by atoms with E-state index in [9.17, 15) is 21.6 Å². The number of hydrogen-bond donors (Lipinski definition) is 0. The molecule has 0 N–H and O–H groups in total. The maximum Gasteiger partial charge on any atom is 0.453 e. The van der Waals surface area contributed by atoms with Crippen LogP contribution in [-0.4, -0.2) is 38.7 Å². The lowest BCUT2D eigenvalue weighted by atomic mass is 10.2. The van der Waals surface area contributed by atoms with Crippen LogP contribution in [0.4, 0.5) is 13.2 Å². The Labute approximate surface area is 144 Å². The maximum absolute atomic E-state index is 12.7. The van der Waals surface area contributed by atoms with Crippen molar-refractivity contribution in [2.45, 2.75) is 18.0 Å². The van der Waals surface area contributed by atoms with Gasteiger partial charge in [0.15, 0.2) is 9.84 Å². The maximum atomic E-state index is 12.7. The van der Waals surface area contributed by atoms with Crippen LogP contribution in [0.2, 0.25) is 5.15 Å². The predicted octanol–water partition coefficient (Wildman–Crippen LogP) is 2.65. The molecule has 12 heteroatoms. The highest BCUT2D eigenvalue weighted by Gasteiger charge is 2.36. The Morgan fingerprint density at radius 1 is 1.16 bits per heavy atom. The Bertz CT molecular complexity index is 1070. The fourth-order valence-corrected chi connectivity index (χ4v) is 3.22. The molecule has 3 aromatic heterocycles. The molecule has 0 bridgehead atoms. The van der Waals surface area contributed by atoms with E-state index in [4.69, 9.17) is 11.6 Å². The van der Waals surface area contributed by atoms with Gasteiger partial charge in [0, 0.05) is 6.20 Å². The zero-order chi connectivity index (χ0) is 18.4. The molecule has 3 heterocycles.